The largest absolute Gasteiger partial charge is 0.481 e. The smallest absolute Gasteiger partial charge is 0.315 e. The molecular formula is C13H25N3O3. The predicted molar refractivity (Wildman–Crippen MR) is 73.1 cm³/mol. The van der Waals surface area contributed by atoms with Crippen LogP contribution in [0.5, 0.6) is 0 Å². The van der Waals surface area contributed by atoms with Gasteiger partial charge in [0.15, 0.2) is 0 Å². The molecule has 110 valence electrons. The van der Waals surface area contributed by atoms with Crippen LogP contribution in [0.2, 0.25) is 0 Å². The summed E-state index contributed by atoms with van der Waals surface area (Å²) in [5, 5.41) is 14.2. The predicted octanol–water partition coefficient (Wildman–Crippen LogP) is 0.881. The molecule has 2 amide bonds. The second-order valence-corrected chi connectivity index (χ2v) is 5.11. The van der Waals surface area contributed by atoms with Crippen LogP contribution in [0.4, 0.5) is 4.79 Å². The summed E-state index contributed by atoms with van der Waals surface area (Å²) in [4.78, 5) is 24.6. The van der Waals surface area contributed by atoms with Gasteiger partial charge < -0.3 is 20.6 Å². The van der Waals surface area contributed by atoms with Crippen molar-refractivity contribution in [3.63, 3.8) is 0 Å². The van der Waals surface area contributed by atoms with Gasteiger partial charge in [0.2, 0.25) is 0 Å². The number of urea groups is 1. The van der Waals surface area contributed by atoms with Crippen LogP contribution in [0.3, 0.4) is 0 Å². The Kier molecular flexibility index (Phi) is 6.62. The summed E-state index contributed by atoms with van der Waals surface area (Å²) in [6.45, 7) is 7.85. The number of carboxylic acids is 1. The molecule has 0 bridgehead atoms. The number of nitrogens with zero attached hydrogens (tertiary/aromatic N) is 1. The molecule has 0 aromatic carbocycles. The van der Waals surface area contributed by atoms with Gasteiger partial charge in [-0.1, -0.05) is 13.8 Å². The lowest BCUT2D eigenvalue weighted by Gasteiger charge is -2.17. The zero-order chi connectivity index (χ0) is 14.3. The minimum atomic E-state index is -0.887. The first kappa shape index (κ1) is 15.8. The van der Waals surface area contributed by atoms with Gasteiger partial charge in [-0.2, -0.15) is 0 Å². The number of carboxylic acid groups (broad SMARTS) is 1. The van der Waals surface area contributed by atoms with Gasteiger partial charge in [-0.25, -0.2) is 4.79 Å². The normalized spacial score (nSPS) is 21.1. The van der Waals surface area contributed by atoms with Crippen molar-refractivity contribution in [2.45, 2.75) is 39.2 Å². The fraction of sp³-hybridized carbons (Fsp3) is 0.846. The van der Waals surface area contributed by atoms with Crippen LogP contribution in [0.15, 0.2) is 0 Å². The molecule has 2 atom stereocenters. The molecule has 0 aromatic rings. The lowest BCUT2D eigenvalue weighted by molar-refractivity contribution is -0.137. The van der Waals surface area contributed by atoms with Gasteiger partial charge in [0, 0.05) is 19.1 Å². The molecule has 0 aromatic heterocycles. The topological polar surface area (TPSA) is 81.7 Å². The Balaban J connectivity index is 2.22. The minimum absolute atomic E-state index is 0.0308. The molecule has 0 spiro atoms. The van der Waals surface area contributed by atoms with Gasteiger partial charge in [0.25, 0.3) is 0 Å². The van der Waals surface area contributed by atoms with Crippen molar-refractivity contribution in [2.75, 3.05) is 26.2 Å². The van der Waals surface area contributed by atoms with E-state index in [0.29, 0.717) is 18.9 Å². The molecule has 19 heavy (non-hydrogen) atoms. The first-order valence-corrected chi connectivity index (χ1v) is 7.03. The van der Waals surface area contributed by atoms with E-state index in [1.807, 2.05) is 6.92 Å². The third-order valence-corrected chi connectivity index (χ3v) is 3.62. The van der Waals surface area contributed by atoms with Crippen molar-refractivity contribution in [2.24, 2.45) is 5.92 Å². The van der Waals surface area contributed by atoms with Crippen molar-refractivity contribution in [1.82, 2.24) is 15.5 Å². The molecule has 1 rings (SSSR count). The molecule has 0 saturated carbocycles. The molecule has 0 radical (unpaired) electrons. The molecule has 1 heterocycles. The average Bonchev–Trinajstić information content (AvgIpc) is 2.83. The number of aliphatic carboxylic acids is 1. The summed E-state index contributed by atoms with van der Waals surface area (Å²) in [6.07, 6.45) is 1.70. The Bertz CT molecular complexity index is 310. The SMILES string of the molecule is CCC(CC(=O)O)NC(=O)NCC1CCN(CC)C1. The van der Waals surface area contributed by atoms with Gasteiger partial charge in [-0.05, 0) is 31.8 Å². The Labute approximate surface area is 114 Å². The molecule has 1 fully saturated rings. The highest BCUT2D eigenvalue weighted by Crippen LogP contribution is 2.14. The summed E-state index contributed by atoms with van der Waals surface area (Å²) in [6, 6.07) is -0.559. The van der Waals surface area contributed by atoms with E-state index < -0.39 is 5.97 Å². The van der Waals surface area contributed by atoms with E-state index in [2.05, 4.69) is 22.5 Å². The van der Waals surface area contributed by atoms with Crippen molar-refractivity contribution in [3.05, 3.63) is 0 Å². The highest BCUT2D eigenvalue weighted by Gasteiger charge is 2.22. The van der Waals surface area contributed by atoms with Crippen molar-refractivity contribution in [1.29, 1.82) is 0 Å². The Hall–Kier alpha value is -1.30. The maximum Gasteiger partial charge on any atom is 0.315 e. The first-order chi connectivity index (χ1) is 9.05. The molecule has 2 unspecified atom stereocenters. The molecule has 1 aliphatic heterocycles. The van der Waals surface area contributed by atoms with Crippen LogP contribution in [0.25, 0.3) is 0 Å². The van der Waals surface area contributed by atoms with Gasteiger partial charge in [0.1, 0.15) is 0 Å². The van der Waals surface area contributed by atoms with E-state index in [1.165, 1.54) is 0 Å². The van der Waals surface area contributed by atoms with E-state index in [0.717, 1.165) is 26.1 Å². The molecular weight excluding hydrogens is 246 g/mol. The van der Waals surface area contributed by atoms with Crippen LogP contribution in [-0.2, 0) is 4.79 Å². The van der Waals surface area contributed by atoms with Gasteiger partial charge in [0.05, 0.1) is 6.42 Å². The Morgan fingerprint density at radius 1 is 1.42 bits per heavy atom. The second-order valence-electron chi connectivity index (χ2n) is 5.11. The summed E-state index contributed by atoms with van der Waals surface area (Å²) in [5.74, 6) is -0.383. The number of hydrogen-bond acceptors (Lipinski definition) is 3. The molecule has 6 heteroatoms. The first-order valence-electron chi connectivity index (χ1n) is 7.03. The molecule has 6 nitrogen and oxygen atoms in total. The number of carbonyl (C=O) groups excluding carboxylic acids is 1. The standard InChI is InChI=1S/C13H25N3O3/c1-3-11(7-12(17)18)15-13(19)14-8-10-5-6-16(4-2)9-10/h10-11H,3-9H2,1-2H3,(H,17,18)(H2,14,15,19). The van der Waals surface area contributed by atoms with Gasteiger partial charge >= 0.3 is 12.0 Å². The number of amides is 2. The van der Waals surface area contributed by atoms with E-state index >= 15 is 0 Å². The van der Waals surface area contributed by atoms with Crippen LogP contribution in [-0.4, -0.2) is 54.2 Å². The number of rotatable bonds is 7. The van der Waals surface area contributed by atoms with E-state index in [-0.39, 0.29) is 18.5 Å². The van der Waals surface area contributed by atoms with Crippen molar-refractivity contribution < 1.29 is 14.7 Å². The molecule has 0 aliphatic carbocycles. The van der Waals surface area contributed by atoms with E-state index in [4.69, 9.17) is 5.11 Å². The highest BCUT2D eigenvalue weighted by atomic mass is 16.4. The highest BCUT2D eigenvalue weighted by molar-refractivity contribution is 5.75. The van der Waals surface area contributed by atoms with Crippen molar-refractivity contribution in [3.8, 4) is 0 Å². The third kappa shape index (κ3) is 5.92. The van der Waals surface area contributed by atoms with Crippen LogP contribution < -0.4 is 10.6 Å². The fourth-order valence-corrected chi connectivity index (χ4v) is 2.35. The molecule has 3 N–H and O–H groups in total. The minimum Gasteiger partial charge on any atom is -0.481 e. The zero-order valence-electron chi connectivity index (χ0n) is 11.8. The Morgan fingerprint density at radius 3 is 2.68 bits per heavy atom. The van der Waals surface area contributed by atoms with Crippen molar-refractivity contribution >= 4 is 12.0 Å². The maximum atomic E-state index is 11.7. The summed E-state index contributed by atoms with van der Waals surface area (Å²) in [7, 11) is 0. The van der Waals surface area contributed by atoms with Crippen LogP contribution in [0.1, 0.15) is 33.1 Å². The zero-order valence-corrected chi connectivity index (χ0v) is 11.8. The molecule has 1 saturated heterocycles. The number of hydrogen-bond donors (Lipinski definition) is 3. The summed E-state index contributed by atoms with van der Waals surface area (Å²) < 4.78 is 0. The Morgan fingerprint density at radius 2 is 2.16 bits per heavy atom. The fourth-order valence-electron chi connectivity index (χ4n) is 2.35. The van der Waals surface area contributed by atoms with E-state index in [1.54, 1.807) is 0 Å². The third-order valence-electron chi connectivity index (χ3n) is 3.62. The quantitative estimate of drug-likeness (QED) is 0.642. The summed E-state index contributed by atoms with van der Waals surface area (Å²) >= 11 is 0. The number of carbonyl (C=O) groups is 2. The van der Waals surface area contributed by atoms with Crippen LogP contribution >= 0.6 is 0 Å². The monoisotopic (exact) mass is 271 g/mol. The van der Waals surface area contributed by atoms with Gasteiger partial charge in [-0.15, -0.1) is 0 Å². The maximum absolute atomic E-state index is 11.7. The number of nitrogens with one attached hydrogen (secondary N) is 2. The second kappa shape index (κ2) is 7.99. The number of likely N-dealkylation sites (tertiary alicyclic amines) is 1. The summed E-state index contributed by atoms with van der Waals surface area (Å²) in [5.41, 5.74) is 0. The average molecular weight is 271 g/mol. The van der Waals surface area contributed by atoms with Crippen LogP contribution in [0, 0.1) is 5.92 Å². The molecule has 1 aliphatic rings. The van der Waals surface area contributed by atoms with Gasteiger partial charge in [-0.3, -0.25) is 4.79 Å². The lowest BCUT2D eigenvalue weighted by atomic mass is 10.1. The van der Waals surface area contributed by atoms with E-state index in [9.17, 15) is 9.59 Å². The lowest BCUT2D eigenvalue weighted by Crippen LogP contribution is -2.44.